The predicted octanol–water partition coefficient (Wildman–Crippen LogP) is 5.25. The van der Waals surface area contributed by atoms with Crippen molar-refractivity contribution in [1.82, 2.24) is 5.32 Å². The van der Waals surface area contributed by atoms with Gasteiger partial charge >= 0.3 is 0 Å². The highest BCUT2D eigenvalue weighted by molar-refractivity contribution is 4.93. The Kier molecular flexibility index (Phi) is 6.40. The second kappa shape index (κ2) is 6.41. The molecule has 0 saturated heterocycles. The maximum atomic E-state index is 3.57. The Balaban J connectivity index is 4.90. The number of nitrogens with one attached hydrogen (secondary N) is 1. The van der Waals surface area contributed by atoms with Crippen molar-refractivity contribution in [1.29, 1.82) is 0 Å². The molecule has 0 aromatic rings. The minimum atomic E-state index is 0.379. The van der Waals surface area contributed by atoms with Crippen LogP contribution in [0, 0.1) is 16.2 Å². The van der Waals surface area contributed by atoms with Gasteiger partial charge in [-0.1, -0.05) is 61.8 Å². The van der Waals surface area contributed by atoms with E-state index >= 15 is 0 Å². The van der Waals surface area contributed by atoms with Crippen molar-refractivity contribution in [2.24, 2.45) is 16.2 Å². The van der Waals surface area contributed by atoms with Crippen molar-refractivity contribution < 1.29 is 0 Å². The fourth-order valence-corrected chi connectivity index (χ4v) is 3.53. The van der Waals surface area contributed by atoms with E-state index in [0.717, 1.165) is 6.54 Å². The molecule has 0 saturated carbocycles. The van der Waals surface area contributed by atoms with Crippen molar-refractivity contribution in [3.05, 3.63) is 0 Å². The molecular formula is C17H37N. The minimum absolute atomic E-state index is 0.379. The summed E-state index contributed by atoms with van der Waals surface area (Å²) in [5, 5.41) is 3.57. The van der Waals surface area contributed by atoms with Crippen molar-refractivity contribution in [3.63, 3.8) is 0 Å². The van der Waals surface area contributed by atoms with Gasteiger partial charge in [0.15, 0.2) is 0 Å². The van der Waals surface area contributed by atoms with Crippen LogP contribution in [0.4, 0.5) is 0 Å². The maximum absolute atomic E-state index is 3.57. The first-order valence-electron chi connectivity index (χ1n) is 7.71. The fourth-order valence-electron chi connectivity index (χ4n) is 3.53. The van der Waals surface area contributed by atoms with Gasteiger partial charge in [0.05, 0.1) is 0 Å². The third-order valence-corrected chi connectivity index (χ3v) is 4.70. The summed E-state index contributed by atoms with van der Waals surface area (Å²) in [4.78, 5) is 0. The molecule has 0 aliphatic rings. The molecule has 0 bridgehead atoms. The molecule has 0 aromatic heterocycles. The molecule has 0 radical (unpaired) electrons. The van der Waals surface area contributed by atoms with E-state index in [4.69, 9.17) is 0 Å². The quantitative estimate of drug-likeness (QED) is 0.655. The SMILES string of the molecule is CCNC(C)CC(C)(CC)C(C)(C)CC(C)(C)C. The molecule has 0 aliphatic heterocycles. The zero-order chi connectivity index (χ0) is 14.6. The summed E-state index contributed by atoms with van der Waals surface area (Å²) in [7, 11) is 0. The Hall–Kier alpha value is -0.0400. The van der Waals surface area contributed by atoms with Crippen molar-refractivity contribution in [3.8, 4) is 0 Å². The largest absolute Gasteiger partial charge is 0.315 e. The van der Waals surface area contributed by atoms with Crippen molar-refractivity contribution >= 4 is 0 Å². The standard InChI is InChI=1S/C17H37N/c1-10-17(9,12-14(3)18-11-2)16(7,8)13-15(4,5)6/h14,18H,10-13H2,1-9H3. The van der Waals surface area contributed by atoms with Gasteiger partial charge in [-0.15, -0.1) is 0 Å². The van der Waals surface area contributed by atoms with Crippen LogP contribution in [0.5, 0.6) is 0 Å². The summed E-state index contributed by atoms with van der Waals surface area (Å²) >= 11 is 0. The van der Waals surface area contributed by atoms with Crippen LogP contribution in [0.25, 0.3) is 0 Å². The molecule has 0 amide bonds. The van der Waals surface area contributed by atoms with E-state index in [-0.39, 0.29) is 0 Å². The third-order valence-electron chi connectivity index (χ3n) is 4.70. The molecule has 1 nitrogen and oxygen atoms in total. The Bertz CT molecular complexity index is 236. The topological polar surface area (TPSA) is 12.0 Å². The summed E-state index contributed by atoms with van der Waals surface area (Å²) < 4.78 is 0. The highest BCUT2D eigenvalue weighted by atomic mass is 14.9. The summed E-state index contributed by atoms with van der Waals surface area (Å²) in [6.07, 6.45) is 3.80. The van der Waals surface area contributed by atoms with E-state index < -0.39 is 0 Å². The van der Waals surface area contributed by atoms with Gasteiger partial charge in [-0.25, -0.2) is 0 Å². The zero-order valence-corrected chi connectivity index (χ0v) is 14.4. The van der Waals surface area contributed by atoms with Gasteiger partial charge < -0.3 is 5.32 Å². The maximum Gasteiger partial charge on any atom is 0.00439 e. The Labute approximate surface area is 116 Å². The Morgan fingerprint density at radius 2 is 1.44 bits per heavy atom. The summed E-state index contributed by atoms with van der Waals surface area (Å²) in [6.45, 7) is 22.4. The molecule has 1 heteroatoms. The first-order chi connectivity index (χ1) is 7.97. The average molecular weight is 255 g/mol. The van der Waals surface area contributed by atoms with Gasteiger partial charge in [0.25, 0.3) is 0 Å². The first kappa shape index (κ1) is 18.0. The fraction of sp³-hybridized carbons (Fsp3) is 1.00. The van der Waals surface area contributed by atoms with E-state index in [1.54, 1.807) is 0 Å². The monoisotopic (exact) mass is 255 g/mol. The zero-order valence-electron chi connectivity index (χ0n) is 14.4. The van der Waals surface area contributed by atoms with Crippen molar-refractivity contribution in [2.75, 3.05) is 6.54 Å². The molecule has 110 valence electrons. The van der Waals surface area contributed by atoms with Crippen LogP contribution in [0.3, 0.4) is 0 Å². The second-order valence-electron chi connectivity index (χ2n) is 8.20. The van der Waals surface area contributed by atoms with Crippen LogP contribution < -0.4 is 5.32 Å². The summed E-state index contributed by atoms with van der Waals surface area (Å²) in [5.74, 6) is 0. The van der Waals surface area contributed by atoms with Gasteiger partial charge in [0, 0.05) is 6.04 Å². The van der Waals surface area contributed by atoms with Crippen LogP contribution in [0.1, 0.15) is 81.6 Å². The summed E-state index contributed by atoms with van der Waals surface area (Å²) in [5.41, 5.74) is 1.19. The van der Waals surface area contributed by atoms with Crippen LogP contribution in [0.2, 0.25) is 0 Å². The van der Waals surface area contributed by atoms with E-state index in [0.29, 0.717) is 22.3 Å². The van der Waals surface area contributed by atoms with E-state index in [1.165, 1.54) is 19.3 Å². The lowest BCUT2D eigenvalue weighted by molar-refractivity contribution is 0.0233. The number of rotatable bonds is 7. The number of hydrogen-bond acceptors (Lipinski definition) is 1. The van der Waals surface area contributed by atoms with Gasteiger partial charge in [-0.3, -0.25) is 0 Å². The molecule has 2 atom stereocenters. The van der Waals surface area contributed by atoms with Gasteiger partial charge in [-0.2, -0.15) is 0 Å². The Morgan fingerprint density at radius 1 is 0.944 bits per heavy atom. The van der Waals surface area contributed by atoms with E-state index in [2.05, 4.69) is 67.6 Å². The molecule has 0 fully saturated rings. The Morgan fingerprint density at radius 3 is 1.78 bits per heavy atom. The molecule has 0 aliphatic carbocycles. The molecule has 0 aromatic carbocycles. The molecular weight excluding hydrogens is 218 g/mol. The van der Waals surface area contributed by atoms with Crippen LogP contribution in [-0.2, 0) is 0 Å². The number of hydrogen-bond donors (Lipinski definition) is 1. The van der Waals surface area contributed by atoms with Gasteiger partial charge in [-0.05, 0) is 42.6 Å². The molecule has 2 unspecified atom stereocenters. The predicted molar refractivity (Wildman–Crippen MR) is 84.0 cm³/mol. The van der Waals surface area contributed by atoms with Crippen LogP contribution in [0.15, 0.2) is 0 Å². The molecule has 0 rings (SSSR count). The van der Waals surface area contributed by atoms with Gasteiger partial charge in [0.1, 0.15) is 0 Å². The molecule has 18 heavy (non-hydrogen) atoms. The lowest BCUT2D eigenvalue weighted by atomic mass is 9.57. The average Bonchev–Trinajstić information content (AvgIpc) is 2.13. The lowest BCUT2D eigenvalue weighted by Gasteiger charge is -2.48. The lowest BCUT2D eigenvalue weighted by Crippen LogP contribution is -2.42. The van der Waals surface area contributed by atoms with E-state index in [1.807, 2.05) is 0 Å². The molecule has 0 spiro atoms. The molecule has 0 heterocycles. The van der Waals surface area contributed by atoms with Gasteiger partial charge in [0.2, 0.25) is 0 Å². The smallest absolute Gasteiger partial charge is 0.00439 e. The highest BCUT2D eigenvalue weighted by Crippen LogP contribution is 2.50. The first-order valence-corrected chi connectivity index (χ1v) is 7.71. The van der Waals surface area contributed by atoms with Crippen LogP contribution >= 0.6 is 0 Å². The third kappa shape index (κ3) is 5.30. The normalized spacial score (nSPS) is 18.5. The van der Waals surface area contributed by atoms with Crippen molar-refractivity contribution in [2.45, 2.75) is 87.6 Å². The highest BCUT2D eigenvalue weighted by Gasteiger charge is 2.42. The van der Waals surface area contributed by atoms with E-state index in [9.17, 15) is 0 Å². The minimum Gasteiger partial charge on any atom is -0.315 e. The summed E-state index contributed by atoms with van der Waals surface area (Å²) in [6, 6.07) is 0.610. The second-order valence-corrected chi connectivity index (χ2v) is 8.20. The van der Waals surface area contributed by atoms with Crippen LogP contribution in [-0.4, -0.2) is 12.6 Å². The molecule has 1 N–H and O–H groups in total.